The average molecular weight is 178 g/mol. The van der Waals surface area contributed by atoms with Gasteiger partial charge >= 0.3 is 0 Å². The third-order valence-electron chi connectivity index (χ3n) is 1.75. The van der Waals surface area contributed by atoms with E-state index in [0.717, 1.165) is 17.7 Å². The fourth-order valence-electron chi connectivity index (χ4n) is 1.18. The van der Waals surface area contributed by atoms with Crippen molar-refractivity contribution in [3.05, 3.63) is 23.4 Å². The molecule has 3 heteroatoms. The molecule has 0 aliphatic carbocycles. The molecule has 0 aromatic carbocycles. The summed E-state index contributed by atoms with van der Waals surface area (Å²) in [6, 6.07) is 0. The molecule has 3 nitrogen and oxygen atoms in total. The van der Waals surface area contributed by atoms with Crippen molar-refractivity contribution >= 4 is 12.1 Å². The van der Waals surface area contributed by atoms with Crippen LogP contribution in [0.25, 0.3) is 0 Å². The number of allylic oxidation sites excluding steroid dienone is 1. The van der Waals surface area contributed by atoms with Crippen molar-refractivity contribution < 1.29 is 4.79 Å². The quantitative estimate of drug-likeness (QED) is 0.599. The zero-order valence-electron chi connectivity index (χ0n) is 8.00. The molecular weight excluding hydrogens is 164 g/mol. The van der Waals surface area contributed by atoms with E-state index >= 15 is 0 Å². The summed E-state index contributed by atoms with van der Waals surface area (Å²) in [6.07, 6.45) is 6.42. The van der Waals surface area contributed by atoms with Crippen LogP contribution >= 0.6 is 0 Å². The number of aliphatic imine (C=N–C) groups is 1. The Balaban J connectivity index is 0.000000396. The number of hydrogen-bond acceptors (Lipinski definition) is 2. The Morgan fingerprint density at radius 2 is 2.23 bits per heavy atom. The van der Waals surface area contributed by atoms with Gasteiger partial charge in [0.25, 0.3) is 5.91 Å². The largest absolute Gasteiger partial charge is 0.346 e. The maximum atomic E-state index is 11.1. The van der Waals surface area contributed by atoms with Crippen LogP contribution in [0.4, 0.5) is 0 Å². The first-order valence-corrected chi connectivity index (χ1v) is 4.58. The predicted molar refractivity (Wildman–Crippen MR) is 53.6 cm³/mol. The highest BCUT2D eigenvalue weighted by molar-refractivity contribution is 6.00. The molecule has 0 unspecified atom stereocenters. The third kappa shape index (κ3) is 2.05. The van der Waals surface area contributed by atoms with Crippen LogP contribution in [0, 0.1) is 0 Å². The van der Waals surface area contributed by atoms with E-state index in [1.165, 1.54) is 0 Å². The molecule has 13 heavy (non-hydrogen) atoms. The standard InChI is InChI=1S/C8H8N2O.C2H6/c11-8-6-3-1-2-4-9-7(6)5-10-8;1-2/h1,3-4H,2,5H2,(H,10,11);1-2H3. The number of hydrogen-bond donors (Lipinski definition) is 1. The van der Waals surface area contributed by atoms with Crippen molar-refractivity contribution in [2.24, 2.45) is 4.99 Å². The van der Waals surface area contributed by atoms with Gasteiger partial charge in [0.2, 0.25) is 0 Å². The van der Waals surface area contributed by atoms with Gasteiger partial charge in [0, 0.05) is 12.6 Å². The van der Waals surface area contributed by atoms with E-state index in [1.54, 1.807) is 0 Å². The first-order chi connectivity index (χ1) is 6.38. The summed E-state index contributed by atoms with van der Waals surface area (Å²) >= 11 is 0. The summed E-state index contributed by atoms with van der Waals surface area (Å²) in [5.74, 6) is -0.00435. The van der Waals surface area contributed by atoms with Crippen molar-refractivity contribution in [1.29, 1.82) is 0 Å². The Morgan fingerprint density at radius 3 is 3.00 bits per heavy atom. The van der Waals surface area contributed by atoms with Gasteiger partial charge in [-0.1, -0.05) is 26.0 Å². The second kappa shape index (κ2) is 4.60. The van der Waals surface area contributed by atoms with Crippen LogP contribution in [0.1, 0.15) is 20.3 Å². The minimum atomic E-state index is -0.00435. The van der Waals surface area contributed by atoms with Crippen LogP contribution in [0.3, 0.4) is 0 Å². The molecule has 0 saturated carbocycles. The van der Waals surface area contributed by atoms with Crippen molar-refractivity contribution in [2.45, 2.75) is 20.3 Å². The van der Waals surface area contributed by atoms with Gasteiger partial charge < -0.3 is 5.32 Å². The van der Waals surface area contributed by atoms with Crippen molar-refractivity contribution in [3.63, 3.8) is 0 Å². The first kappa shape index (κ1) is 9.71. The highest BCUT2D eigenvalue weighted by Gasteiger charge is 2.19. The van der Waals surface area contributed by atoms with Crippen molar-refractivity contribution in [2.75, 3.05) is 6.54 Å². The van der Waals surface area contributed by atoms with Crippen LogP contribution in [-0.4, -0.2) is 18.7 Å². The molecule has 2 aliphatic rings. The van der Waals surface area contributed by atoms with Gasteiger partial charge in [-0.05, 0) is 0 Å². The first-order valence-electron chi connectivity index (χ1n) is 4.58. The molecule has 0 aromatic heterocycles. The van der Waals surface area contributed by atoms with Gasteiger partial charge in [0.05, 0.1) is 17.8 Å². The molecule has 2 heterocycles. The maximum Gasteiger partial charge on any atom is 0.253 e. The molecule has 0 saturated heterocycles. The number of amides is 1. The molecule has 2 aliphatic heterocycles. The molecule has 0 spiro atoms. The number of nitrogens with one attached hydrogen (secondary N) is 1. The number of nitrogens with zero attached hydrogens (tertiary/aromatic N) is 1. The second-order valence-corrected chi connectivity index (χ2v) is 2.49. The Morgan fingerprint density at radius 1 is 1.46 bits per heavy atom. The lowest BCUT2D eigenvalue weighted by Gasteiger charge is -1.88. The summed E-state index contributed by atoms with van der Waals surface area (Å²) in [7, 11) is 0. The van der Waals surface area contributed by atoms with E-state index in [9.17, 15) is 4.79 Å². The normalized spacial score (nSPS) is 18.8. The van der Waals surface area contributed by atoms with Crippen LogP contribution < -0.4 is 5.32 Å². The molecule has 1 N–H and O–H groups in total. The lowest BCUT2D eigenvalue weighted by Crippen LogP contribution is -2.16. The number of rotatable bonds is 0. The highest BCUT2D eigenvalue weighted by Crippen LogP contribution is 2.15. The molecule has 0 bridgehead atoms. The predicted octanol–water partition coefficient (Wildman–Crippen LogP) is 1.43. The van der Waals surface area contributed by atoms with E-state index < -0.39 is 0 Å². The number of carbonyl (C=O) groups excluding carboxylic acids is 1. The second-order valence-electron chi connectivity index (χ2n) is 2.49. The Labute approximate surface area is 78.2 Å². The van der Waals surface area contributed by atoms with Crippen molar-refractivity contribution in [3.8, 4) is 0 Å². The van der Waals surface area contributed by atoms with E-state index in [0.29, 0.717) is 6.54 Å². The van der Waals surface area contributed by atoms with Gasteiger partial charge in [0.1, 0.15) is 0 Å². The van der Waals surface area contributed by atoms with Crippen LogP contribution in [-0.2, 0) is 4.79 Å². The summed E-state index contributed by atoms with van der Waals surface area (Å²) in [4.78, 5) is 15.2. The van der Waals surface area contributed by atoms with E-state index in [1.807, 2.05) is 32.2 Å². The zero-order chi connectivity index (χ0) is 9.68. The zero-order valence-corrected chi connectivity index (χ0v) is 8.00. The minimum Gasteiger partial charge on any atom is -0.346 e. The Kier molecular flexibility index (Phi) is 3.43. The molecular formula is C10H14N2O. The third-order valence-corrected chi connectivity index (χ3v) is 1.75. The SMILES string of the molecule is CC.O=C1NCC2=C1C=CCC=N2. The van der Waals surface area contributed by atoms with Gasteiger partial charge in [-0.2, -0.15) is 0 Å². The van der Waals surface area contributed by atoms with Gasteiger partial charge in [-0.15, -0.1) is 0 Å². The summed E-state index contributed by atoms with van der Waals surface area (Å²) in [5.41, 5.74) is 1.59. The fraction of sp³-hybridized carbons (Fsp3) is 0.400. The number of carbonyl (C=O) groups is 1. The molecule has 0 radical (unpaired) electrons. The van der Waals surface area contributed by atoms with E-state index in [-0.39, 0.29) is 5.91 Å². The monoisotopic (exact) mass is 178 g/mol. The van der Waals surface area contributed by atoms with Crippen LogP contribution in [0.15, 0.2) is 28.4 Å². The smallest absolute Gasteiger partial charge is 0.253 e. The average Bonchev–Trinajstić information content (AvgIpc) is 2.44. The Hall–Kier alpha value is -1.38. The molecule has 0 fully saturated rings. The van der Waals surface area contributed by atoms with Crippen LogP contribution in [0.2, 0.25) is 0 Å². The minimum absolute atomic E-state index is 0.00435. The Bertz CT molecular complexity index is 287. The maximum absolute atomic E-state index is 11.1. The lowest BCUT2D eigenvalue weighted by atomic mass is 10.2. The van der Waals surface area contributed by atoms with Crippen molar-refractivity contribution in [1.82, 2.24) is 5.32 Å². The van der Waals surface area contributed by atoms with Gasteiger partial charge in [0.15, 0.2) is 0 Å². The fourth-order valence-corrected chi connectivity index (χ4v) is 1.18. The van der Waals surface area contributed by atoms with Crippen LogP contribution in [0.5, 0.6) is 0 Å². The van der Waals surface area contributed by atoms with E-state index in [2.05, 4.69) is 10.3 Å². The lowest BCUT2D eigenvalue weighted by molar-refractivity contribution is -0.116. The summed E-state index contributed by atoms with van der Waals surface area (Å²) in [5, 5.41) is 2.71. The van der Waals surface area contributed by atoms with Gasteiger partial charge in [-0.25, -0.2) is 0 Å². The topological polar surface area (TPSA) is 41.5 Å². The van der Waals surface area contributed by atoms with E-state index in [4.69, 9.17) is 0 Å². The highest BCUT2D eigenvalue weighted by atomic mass is 16.1. The summed E-state index contributed by atoms with van der Waals surface area (Å²) < 4.78 is 0. The molecule has 70 valence electrons. The summed E-state index contributed by atoms with van der Waals surface area (Å²) in [6.45, 7) is 4.58. The molecule has 0 atom stereocenters. The van der Waals surface area contributed by atoms with Gasteiger partial charge in [-0.3, -0.25) is 9.79 Å². The molecule has 2 rings (SSSR count). The molecule has 1 amide bonds. The molecule has 0 aromatic rings.